The molecule has 0 aromatic carbocycles. The van der Waals surface area contributed by atoms with E-state index in [2.05, 4.69) is 11.9 Å². The Morgan fingerprint density at radius 2 is 2.40 bits per heavy atom. The fourth-order valence-corrected chi connectivity index (χ4v) is 1.33. The van der Waals surface area contributed by atoms with Gasteiger partial charge in [0.15, 0.2) is 0 Å². The molecule has 4 heteroatoms. The molecule has 0 saturated heterocycles. The van der Waals surface area contributed by atoms with Gasteiger partial charge in [-0.2, -0.15) is 5.26 Å². The predicted molar refractivity (Wildman–Crippen MR) is 56.3 cm³/mol. The molecule has 1 rings (SSSR count). The van der Waals surface area contributed by atoms with Crippen molar-refractivity contribution in [2.24, 2.45) is 0 Å². The summed E-state index contributed by atoms with van der Waals surface area (Å²) < 4.78 is 1.47. The van der Waals surface area contributed by atoms with E-state index in [-0.39, 0.29) is 12.3 Å². The van der Waals surface area contributed by atoms with E-state index in [0.29, 0.717) is 12.1 Å². The average molecular weight is 205 g/mol. The van der Waals surface area contributed by atoms with Gasteiger partial charge in [-0.05, 0) is 6.42 Å². The molecule has 0 saturated carbocycles. The Labute approximate surface area is 89.5 Å². The molecule has 0 aliphatic carbocycles. The maximum absolute atomic E-state index is 11.6. The maximum atomic E-state index is 11.6. The molecule has 0 aliphatic heterocycles. The summed E-state index contributed by atoms with van der Waals surface area (Å²) in [6.07, 6.45) is 7.04. The summed E-state index contributed by atoms with van der Waals surface area (Å²) in [6, 6.07) is 2.00. The van der Waals surface area contributed by atoms with Crippen LogP contribution in [0.3, 0.4) is 0 Å². The lowest BCUT2D eigenvalue weighted by Gasteiger charge is -1.99. The second kappa shape index (κ2) is 5.97. The molecule has 80 valence electrons. The Morgan fingerprint density at radius 1 is 1.60 bits per heavy atom. The average Bonchev–Trinajstić information content (AvgIpc) is 2.67. The van der Waals surface area contributed by atoms with Crippen molar-refractivity contribution >= 4 is 5.91 Å². The lowest BCUT2D eigenvalue weighted by atomic mass is 10.2. The van der Waals surface area contributed by atoms with Crippen molar-refractivity contribution in [2.45, 2.75) is 39.0 Å². The molecule has 0 atom stereocenters. The van der Waals surface area contributed by atoms with E-state index in [4.69, 9.17) is 5.26 Å². The molecule has 0 amide bonds. The van der Waals surface area contributed by atoms with E-state index in [1.165, 1.54) is 10.9 Å². The Hall–Kier alpha value is -1.63. The highest BCUT2D eigenvalue weighted by atomic mass is 16.2. The molecule has 0 unspecified atom stereocenters. The monoisotopic (exact) mass is 205 g/mol. The van der Waals surface area contributed by atoms with Crippen LogP contribution in [-0.2, 0) is 6.42 Å². The number of nitriles is 1. The Balaban J connectivity index is 2.47. The predicted octanol–water partition coefficient (Wildman–Crippen LogP) is 2.17. The van der Waals surface area contributed by atoms with Crippen LogP contribution in [0.1, 0.15) is 43.1 Å². The minimum atomic E-state index is 0.0557. The standard InChI is InChI=1S/C11H15N3O/c1-2-3-4-5-11(15)14-8-10(6-7-12)13-9-14/h8-9H,2-6H2,1H3. The second-order valence-corrected chi connectivity index (χ2v) is 3.46. The van der Waals surface area contributed by atoms with Gasteiger partial charge in [-0.15, -0.1) is 0 Å². The molecule has 0 radical (unpaired) electrons. The van der Waals surface area contributed by atoms with Crippen LogP contribution in [0.15, 0.2) is 12.5 Å². The van der Waals surface area contributed by atoms with Crippen LogP contribution in [0.4, 0.5) is 0 Å². The van der Waals surface area contributed by atoms with Gasteiger partial charge in [0.05, 0.1) is 18.2 Å². The van der Waals surface area contributed by atoms with Crippen LogP contribution >= 0.6 is 0 Å². The molecule has 0 fully saturated rings. The van der Waals surface area contributed by atoms with Crippen LogP contribution in [-0.4, -0.2) is 15.5 Å². The van der Waals surface area contributed by atoms with Crippen molar-refractivity contribution in [1.29, 1.82) is 5.26 Å². The molecule has 0 spiro atoms. The zero-order chi connectivity index (χ0) is 11.1. The van der Waals surface area contributed by atoms with E-state index in [9.17, 15) is 4.79 Å². The molecular formula is C11H15N3O. The van der Waals surface area contributed by atoms with Crippen LogP contribution in [0.25, 0.3) is 0 Å². The molecule has 0 bridgehead atoms. The molecule has 0 aliphatic rings. The summed E-state index contributed by atoms with van der Waals surface area (Å²) in [4.78, 5) is 15.6. The molecule has 1 aromatic rings. The van der Waals surface area contributed by atoms with Gasteiger partial charge in [0, 0.05) is 12.6 Å². The fourth-order valence-electron chi connectivity index (χ4n) is 1.33. The van der Waals surface area contributed by atoms with Crippen LogP contribution in [0, 0.1) is 11.3 Å². The first-order valence-corrected chi connectivity index (χ1v) is 5.21. The highest BCUT2D eigenvalue weighted by Gasteiger charge is 2.05. The van der Waals surface area contributed by atoms with E-state index in [0.717, 1.165) is 19.3 Å². The molecule has 0 N–H and O–H groups in total. The summed E-state index contributed by atoms with van der Waals surface area (Å²) in [5.74, 6) is 0.0557. The Morgan fingerprint density at radius 3 is 3.07 bits per heavy atom. The summed E-state index contributed by atoms with van der Waals surface area (Å²) in [7, 11) is 0. The van der Waals surface area contributed by atoms with Crippen molar-refractivity contribution in [3.8, 4) is 6.07 Å². The maximum Gasteiger partial charge on any atom is 0.231 e. The molecule has 1 aromatic heterocycles. The highest BCUT2D eigenvalue weighted by Crippen LogP contribution is 2.03. The minimum Gasteiger partial charge on any atom is -0.276 e. The Kier molecular flexibility index (Phi) is 4.55. The number of hydrogen-bond acceptors (Lipinski definition) is 3. The van der Waals surface area contributed by atoms with E-state index < -0.39 is 0 Å². The number of carbonyl (C=O) groups excluding carboxylic acids is 1. The molecule has 4 nitrogen and oxygen atoms in total. The van der Waals surface area contributed by atoms with Gasteiger partial charge >= 0.3 is 0 Å². The summed E-state index contributed by atoms with van der Waals surface area (Å²) in [5, 5.41) is 8.46. The molecular weight excluding hydrogens is 190 g/mol. The number of imidazole rings is 1. The minimum absolute atomic E-state index is 0.0557. The summed E-state index contributed by atoms with van der Waals surface area (Å²) in [6.45, 7) is 2.10. The first kappa shape index (κ1) is 11.4. The number of rotatable bonds is 5. The first-order valence-electron chi connectivity index (χ1n) is 5.21. The molecule has 15 heavy (non-hydrogen) atoms. The number of hydrogen-bond donors (Lipinski definition) is 0. The van der Waals surface area contributed by atoms with Gasteiger partial charge in [-0.3, -0.25) is 9.36 Å². The van der Waals surface area contributed by atoms with Crippen LogP contribution in [0.2, 0.25) is 0 Å². The number of nitrogens with zero attached hydrogens (tertiary/aromatic N) is 3. The van der Waals surface area contributed by atoms with Crippen molar-refractivity contribution in [3.63, 3.8) is 0 Å². The van der Waals surface area contributed by atoms with E-state index >= 15 is 0 Å². The fraction of sp³-hybridized carbons (Fsp3) is 0.545. The second-order valence-electron chi connectivity index (χ2n) is 3.46. The Bertz CT molecular complexity index is 362. The largest absolute Gasteiger partial charge is 0.276 e. The van der Waals surface area contributed by atoms with Crippen molar-refractivity contribution in [1.82, 2.24) is 9.55 Å². The van der Waals surface area contributed by atoms with Gasteiger partial charge < -0.3 is 0 Å². The number of aromatic nitrogens is 2. The van der Waals surface area contributed by atoms with Crippen molar-refractivity contribution in [2.75, 3.05) is 0 Å². The number of unbranched alkanes of at least 4 members (excludes halogenated alkanes) is 2. The summed E-state index contributed by atoms with van der Waals surface area (Å²) >= 11 is 0. The third-order valence-electron chi connectivity index (χ3n) is 2.18. The quantitative estimate of drug-likeness (QED) is 0.692. The normalized spacial score (nSPS) is 9.87. The summed E-state index contributed by atoms with van der Waals surface area (Å²) in [5.41, 5.74) is 0.654. The van der Waals surface area contributed by atoms with Gasteiger partial charge in [-0.1, -0.05) is 19.8 Å². The van der Waals surface area contributed by atoms with Gasteiger partial charge in [0.1, 0.15) is 6.33 Å². The van der Waals surface area contributed by atoms with Crippen LogP contribution in [0.5, 0.6) is 0 Å². The van der Waals surface area contributed by atoms with E-state index in [1.54, 1.807) is 6.20 Å². The number of carbonyl (C=O) groups is 1. The third-order valence-corrected chi connectivity index (χ3v) is 2.18. The van der Waals surface area contributed by atoms with Gasteiger partial charge in [0.25, 0.3) is 0 Å². The van der Waals surface area contributed by atoms with Crippen LogP contribution < -0.4 is 0 Å². The lowest BCUT2D eigenvalue weighted by Crippen LogP contribution is -2.07. The van der Waals surface area contributed by atoms with Gasteiger partial charge in [-0.25, -0.2) is 4.98 Å². The topological polar surface area (TPSA) is 58.7 Å². The first-order chi connectivity index (χ1) is 7.27. The zero-order valence-corrected chi connectivity index (χ0v) is 8.94. The van der Waals surface area contributed by atoms with Crippen molar-refractivity contribution < 1.29 is 4.79 Å². The third kappa shape index (κ3) is 3.55. The van der Waals surface area contributed by atoms with Crippen molar-refractivity contribution in [3.05, 3.63) is 18.2 Å². The smallest absolute Gasteiger partial charge is 0.231 e. The van der Waals surface area contributed by atoms with Gasteiger partial charge in [0.2, 0.25) is 5.91 Å². The SMILES string of the molecule is CCCCCC(=O)n1cnc(CC#N)c1. The molecule has 1 heterocycles. The highest BCUT2D eigenvalue weighted by molar-refractivity contribution is 5.78. The van der Waals surface area contributed by atoms with E-state index in [1.807, 2.05) is 6.07 Å². The lowest BCUT2D eigenvalue weighted by molar-refractivity contribution is 0.0899. The zero-order valence-electron chi connectivity index (χ0n) is 8.94.